The Kier molecular flexibility index (Phi) is 1.32. The fourth-order valence-electron chi connectivity index (χ4n) is 0.982. The maximum Gasteiger partial charge on any atom is 0.161 e. The lowest BCUT2D eigenvalue weighted by atomic mass is 10.4. The quantitative estimate of drug-likeness (QED) is 0.559. The Bertz CT molecular complexity index is 393. The average molecular weight is 168 g/mol. The summed E-state index contributed by atoms with van der Waals surface area (Å²) in [7, 11) is 1.89. The van der Waals surface area contributed by atoms with Gasteiger partial charge in [-0.2, -0.15) is 0 Å². The second-order valence-corrected chi connectivity index (χ2v) is 2.72. The van der Waals surface area contributed by atoms with Gasteiger partial charge in [0.25, 0.3) is 0 Å². The summed E-state index contributed by atoms with van der Waals surface area (Å²) in [5, 5.41) is 0.501. The van der Waals surface area contributed by atoms with Crippen LogP contribution in [-0.2, 0) is 7.05 Å². The number of aromatic nitrogens is 3. The number of halogens is 1. The molecular formula is C7H6ClN3. The Morgan fingerprint density at radius 3 is 3.09 bits per heavy atom. The molecule has 56 valence electrons. The SMILES string of the molecule is Cn1cnc2ccc(Cl)nc21. The van der Waals surface area contributed by atoms with Crippen LogP contribution in [0.3, 0.4) is 0 Å². The van der Waals surface area contributed by atoms with E-state index in [2.05, 4.69) is 9.97 Å². The summed E-state index contributed by atoms with van der Waals surface area (Å²) in [4.78, 5) is 8.20. The van der Waals surface area contributed by atoms with E-state index >= 15 is 0 Å². The Balaban J connectivity index is 2.87. The molecule has 4 heteroatoms. The molecule has 2 aromatic heterocycles. The van der Waals surface area contributed by atoms with E-state index in [4.69, 9.17) is 11.6 Å². The molecular weight excluding hydrogens is 162 g/mol. The number of imidazole rings is 1. The van der Waals surface area contributed by atoms with Gasteiger partial charge in [-0.3, -0.25) is 0 Å². The summed E-state index contributed by atoms with van der Waals surface area (Å²) in [6.45, 7) is 0. The van der Waals surface area contributed by atoms with E-state index in [9.17, 15) is 0 Å². The maximum absolute atomic E-state index is 5.70. The van der Waals surface area contributed by atoms with E-state index in [0.717, 1.165) is 11.2 Å². The van der Waals surface area contributed by atoms with Crippen molar-refractivity contribution in [1.29, 1.82) is 0 Å². The maximum atomic E-state index is 5.70. The molecule has 11 heavy (non-hydrogen) atoms. The van der Waals surface area contributed by atoms with Crippen molar-refractivity contribution in [3.63, 3.8) is 0 Å². The van der Waals surface area contributed by atoms with Gasteiger partial charge in [0.1, 0.15) is 10.7 Å². The van der Waals surface area contributed by atoms with Gasteiger partial charge in [-0.15, -0.1) is 0 Å². The number of aryl methyl sites for hydroxylation is 1. The van der Waals surface area contributed by atoms with Gasteiger partial charge in [0, 0.05) is 7.05 Å². The molecule has 2 rings (SSSR count). The van der Waals surface area contributed by atoms with Crippen LogP contribution >= 0.6 is 11.6 Å². The summed E-state index contributed by atoms with van der Waals surface area (Å²) in [5.41, 5.74) is 1.69. The largest absolute Gasteiger partial charge is 0.318 e. The van der Waals surface area contributed by atoms with Crippen LogP contribution in [0, 0.1) is 0 Å². The van der Waals surface area contributed by atoms with Crippen LogP contribution in [0.15, 0.2) is 18.5 Å². The van der Waals surface area contributed by atoms with Crippen molar-refractivity contribution in [2.75, 3.05) is 0 Å². The Labute approximate surface area is 68.6 Å². The minimum absolute atomic E-state index is 0.501. The first-order valence-electron chi connectivity index (χ1n) is 3.21. The van der Waals surface area contributed by atoms with E-state index in [-0.39, 0.29) is 0 Å². The van der Waals surface area contributed by atoms with Crippen molar-refractivity contribution in [2.24, 2.45) is 7.05 Å². The van der Waals surface area contributed by atoms with Gasteiger partial charge in [0.15, 0.2) is 5.65 Å². The first-order valence-corrected chi connectivity index (χ1v) is 3.59. The minimum Gasteiger partial charge on any atom is -0.318 e. The summed E-state index contributed by atoms with van der Waals surface area (Å²) in [5.74, 6) is 0. The topological polar surface area (TPSA) is 30.7 Å². The molecule has 0 aromatic carbocycles. The summed E-state index contributed by atoms with van der Waals surface area (Å²) < 4.78 is 1.83. The predicted molar refractivity (Wildman–Crippen MR) is 43.5 cm³/mol. The van der Waals surface area contributed by atoms with Crippen molar-refractivity contribution in [3.8, 4) is 0 Å². The third-order valence-corrected chi connectivity index (χ3v) is 1.74. The first-order chi connectivity index (χ1) is 5.27. The minimum atomic E-state index is 0.501. The van der Waals surface area contributed by atoms with Crippen molar-refractivity contribution < 1.29 is 0 Å². The van der Waals surface area contributed by atoms with Gasteiger partial charge in [0.05, 0.1) is 6.33 Å². The van der Waals surface area contributed by atoms with Gasteiger partial charge < -0.3 is 4.57 Å². The number of hydrogen-bond donors (Lipinski definition) is 0. The Hall–Kier alpha value is -1.09. The highest BCUT2D eigenvalue weighted by molar-refractivity contribution is 6.29. The van der Waals surface area contributed by atoms with Crippen molar-refractivity contribution in [3.05, 3.63) is 23.6 Å². The van der Waals surface area contributed by atoms with Crippen LogP contribution in [0.1, 0.15) is 0 Å². The average Bonchev–Trinajstić information content (AvgIpc) is 2.33. The van der Waals surface area contributed by atoms with Crippen molar-refractivity contribution >= 4 is 22.8 Å². The third-order valence-electron chi connectivity index (χ3n) is 1.52. The molecule has 0 aliphatic carbocycles. The molecule has 0 amide bonds. The van der Waals surface area contributed by atoms with Gasteiger partial charge >= 0.3 is 0 Å². The molecule has 0 fully saturated rings. The smallest absolute Gasteiger partial charge is 0.161 e. The van der Waals surface area contributed by atoms with Crippen LogP contribution in [0.25, 0.3) is 11.2 Å². The number of rotatable bonds is 0. The molecule has 0 N–H and O–H groups in total. The normalized spacial score (nSPS) is 10.7. The standard InChI is InChI=1S/C7H6ClN3/c1-11-4-9-5-2-3-6(8)10-7(5)11/h2-4H,1H3. The zero-order chi connectivity index (χ0) is 7.84. The van der Waals surface area contributed by atoms with Crippen LogP contribution in [0.2, 0.25) is 5.15 Å². The molecule has 0 spiro atoms. The highest BCUT2D eigenvalue weighted by Crippen LogP contribution is 2.12. The highest BCUT2D eigenvalue weighted by Gasteiger charge is 1.99. The predicted octanol–water partition coefficient (Wildman–Crippen LogP) is 1.62. The lowest BCUT2D eigenvalue weighted by Crippen LogP contribution is -1.86. The summed E-state index contributed by atoms with van der Waals surface area (Å²) in [6.07, 6.45) is 1.72. The number of pyridine rings is 1. The molecule has 0 bridgehead atoms. The van der Waals surface area contributed by atoms with Crippen LogP contribution in [-0.4, -0.2) is 14.5 Å². The van der Waals surface area contributed by atoms with E-state index < -0.39 is 0 Å². The van der Waals surface area contributed by atoms with Crippen LogP contribution < -0.4 is 0 Å². The fraction of sp³-hybridized carbons (Fsp3) is 0.143. The lowest BCUT2D eigenvalue weighted by Gasteiger charge is -1.92. The zero-order valence-corrected chi connectivity index (χ0v) is 6.71. The lowest BCUT2D eigenvalue weighted by molar-refractivity contribution is 0.931. The van der Waals surface area contributed by atoms with Crippen molar-refractivity contribution in [1.82, 2.24) is 14.5 Å². The molecule has 0 saturated heterocycles. The second-order valence-electron chi connectivity index (χ2n) is 2.33. The van der Waals surface area contributed by atoms with Gasteiger partial charge in [-0.25, -0.2) is 9.97 Å². The van der Waals surface area contributed by atoms with Crippen molar-refractivity contribution in [2.45, 2.75) is 0 Å². The Morgan fingerprint density at radius 1 is 1.45 bits per heavy atom. The molecule has 0 aliphatic rings. The van der Waals surface area contributed by atoms with E-state index in [0.29, 0.717) is 5.15 Å². The molecule has 2 aromatic rings. The monoisotopic (exact) mass is 167 g/mol. The van der Waals surface area contributed by atoms with Gasteiger partial charge in [-0.05, 0) is 12.1 Å². The third kappa shape index (κ3) is 0.973. The van der Waals surface area contributed by atoms with Gasteiger partial charge in [0.2, 0.25) is 0 Å². The Morgan fingerprint density at radius 2 is 2.27 bits per heavy atom. The number of hydrogen-bond acceptors (Lipinski definition) is 2. The summed E-state index contributed by atoms with van der Waals surface area (Å²) in [6, 6.07) is 3.58. The molecule has 0 unspecified atom stereocenters. The molecule has 0 aliphatic heterocycles. The number of fused-ring (bicyclic) bond motifs is 1. The van der Waals surface area contributed by atoms with Gasteiger partial charge in [-0.1, -0.05) is 11.6 Å². The van der Waals surface area contributed by atoms with Crippen LogP contribution in [0.5, 0.6) is 0 Å². The van der Waals surface area contributed by atoms with E-state index in [1.807, 2.05) is 17.7 Å². The highest BCUT2D eigenvalue weighted by atomic mass is 35.5. The van der Waals surface area contributed by atoms with Crippen LogP contribution in [0.4, 0.5) is 0 Å². The summed E-state index contributed by atoms with van der Waals surface area (Å²) >= 11 is 5.70. The fourth-order valence-corrected chi connectivity index (χ4v) is 1.12. The molecule has 2 heterocycles. The molecule has 0 atom stereocenters. The molecule has 0 radical (unpaired) electrons. The zero-order valence-electron chi connectivity index (χ0n) is 5.95. The van der Waals surface area contributed by atoms with E-state index in [1.165, 1.54) is 0 Å². The van der Waals surface area contributed by atoms with E-state index in [1.54, 1.807) is 12.4 Å². The molecule has 3 nitrogen and oxygen atoms in total. The second kappa shape index (κ2) is 2.20. The number of nitrogens with zero attached hydrogens (tertiary/aromatic N) is 3. The molecule has 0 saturated carbocycles. The first kappa shape index (κ1) is 6.61.